The summed E-state index contributed by atoms with van der Waals surface area (Å²) in [6, 6.07) is -1.21. The molecule has 0 saturated carbocycles. The number of nitrogens with two attached hydrogens (primary N) is 1. The van der Waals surface area contributed by atoms with Crippen LogP contribution in [0.4, 0.5) is 0 Å². The molecule has 7 heteroatoms. The Balaban J connectivity index is 3.97. The number of amides is 1. The van der Waals surface area contributed by atoms with E-state index in [1.165, 1.54) is 0 Å². The van der Waals surface area contributed by atoms with Gasteiger partial charge >= 0.3 is 0 Å². The molecule has 0 spiro atoms. The molecule has 0 aromatic carbocycles. The fraction of sp³-hybridized carbons (Fsp3) is 0.833. The number of carbonyl (C=O) groups excluding carboxylic acids is 1. The number of nitrogens with one attached hydrogen (secondary N) is 1. The van der Waals surface area contributed by atoms with Crippen molar-refractivity contribution in [3.8, 4) is 0 Å². The molecule has 1 amide bonds. The Bertz CT molecular complexity index is 262. The quantitative estimate of drug-likeness (QED) is 0.490. The topological polar surface area (TPSA) is 109 Å². The molecule has 0 rings (SSSR count). The van der Waals surface area contributed by atoms with Crippen molar-refractivity contribution in [3.05, 3.63) is 0 Å². The molecule has 1 unspecified atom stereocenters. The maximum atomic E-state index is 11.0. The number of carbonyl (C=O) groups is 1. The highest BCUT2D eigenvalue weighted by Gasteiger charge is 2.19. The van der Waals surface area contributed by atoms with Gasteiger partial charge in [-0.2, -0.15) is 8.42 Å². The minimum Gasteiger partial charge on any atom is -0.355 e. The summed E-state index contributed by atoms with van der Waals surface area (Å²) in [6.07, 6.45) is 0.740. The summed E-state index contributed by atoms with van der Waals surface area (Å²) in [6.45, 7) is 2.30. The van der Waals surface area contributed by atoms with Crippen molar-refractivity contribution in [2.24, 2.45) is 5.73 Å². The van der Waals surface area contributed by atoms with Crippen LogP contribution in [0.5, 0.6) is 0 Å². The second-order valence-electron chi connectivity index (χ2n) is 2.65. The minimum atomic E-state index is -4.18. The monoisotopic (exact) mass is 210 g/mol. The zero-order chi connectivity index (χ0) is 10.5. The first-order valence-corrected chi connectivity index (χ1v) is 5.46. The van der Waals surface area contributed by atoms with Crippen LogP contribution in [0.15, 0.2) is 0 Å². The van der Waals surface area contributed by atoms with Crippen LogP contribution in [0.2, 0.25) is 0 Å². The number of hydrogen-bond acceptors (Lipinski definition) is 4. The van der Waals surface area contributed by atoms with Gasteiger partial charge in [-0.1, -0.05) is 6.92 Å². The third-order valence-electron chi connectivity index (χ3n) is 1.28. The van der Waals surface area contributed by atoms with E-state index in [9.17, 15) is 13.2 Å². The van der Waals surface area contributed by atoms with Gasteiger partial charge in [-0.15, -0.1) is 0 Å². The predicted octanol–water partition coefficient (Wildman–Crippen LogP) is -1.27. The highest BCUT2D eigenvalue weighted by molar-refractivity contribution is 7.85. The summed E-state index contributed by atoms with van der Waals surface area (Å²) in [4.78, 5) is 11.0. The number of rotatable bonds is 5. The second kappa shape index (κ2) is 5.15. The molecule has 6 nitrogen and oxygen atoms in total. The minimum absolute atomic E-state index is 0.442. The zero-order valence-corrected chi connectivity index (χ0v) is 8.17. The molecule has 78 valence electrons. The SMILES string of the molecule is CCCNC(=O)C(N)CS(=O)(=O)O. The summed E-state index contributed by atoms with van der Waals surface area (Å²) in [7, 11) is -4.18. The lowest BCUT2D eigenvalue weighted by molar-refractivity contribution is -0.121. The van der Waals surface area contributed by atoms with Crippen LogP contribution in [0.25, 0.3) is 0 Å². The highest BCUT2D eigenvalue weighted by atomic mass is 32.2. The largest absolute Gasteiger partial charge is 0.355 e. The molecule has 0 aliphatic carbocycles. The predicted molar refractivity (Wildman–Crippen MR) is 47.7 cm³/mol. The first-order chi connectivity index (χ1) is 5.87. The molecule has 0 aromatic heterocycles. The van der Waals surface area contributed by atoms with Gasteiger partial charge in [0.2, 0.25) is 5.91 Å². The third-order valence-corrected chi connectivity index (χ3v) is 2.06. The van der Waals surface area contributed by atoms with Crippen molar-refractivity contribution < 1.29 is 17.8 Å². The van der Waals surface area contributed by atoms with Gasteiger partial charge in [-0.25, -0.2) is 0 Å². The van der Waals surface area contributed by atoms with Crippen LogP contribution in [-0.4, -0.2) is 37.2 Å². The van der Waals surface area contributed by atoms with Gasteiger partial charge in [0, 0.05) is 6.54 Å². The van der Waals surface area contributed by atoms with Gasteiger partial charge in [0.1, 0.15) is 6.04 Å². The Hall–Kier alpha value is -0.660. The average molecular weight is 210 g/mol. The highest BCUT2D eigenvalue weighted by Crippen LogP contribution is 1.88. The van der Waals surface area contributed by atoms with Crippen LogP contribution in [-0.2, 0) is 14.9 Å². The van der Waals surface area contributed by atoms with E-state index in [2.05, 4.69) is 5.32 Å². The van der Waals surface area contributed by atoms with Crippen LogP contribution in [0.1, 0.15) is 13.3 Å². The van der Waals surface area contributed by atoms with E-state index in [0.717, 1.165) is 6.42 Å². The molecule has 0 heterocycles. The smallest absolute Gasteiger partial charge is 0.266 e. The molecule has 0 aliphatic heterocycles. The normalized spacial score (nSPS) is 13.8. The first-order valence-electron chi connectivity index (χ1n) is 3.85. The van der Waals surface area contributed by atoms with Gasteiger partial charge in [-0.05, 0) is 6.42 Å². The Kier molecular flexibility index (Phi) is 4.89. The zero-order valence-electron chi connectivity index (χ0n) is 7.36. The molecule has 0 fully saturated rings. The van der Waals surface area contributed by atoms with E-state index in [1.807, 2.05) is 6.92 Å². The van der Waals surface area contributed by atoms with Gasteiger partial charge in [0.05, 0.1) is 5.75 Å². The fourth-order valence-electron chi connectivity index (χ4n) is 0.682. The summed E-state index contributed by atoms with van der Waals surface area (Å²) in [5.74, 6) is -1.32. The standard InChI is InChI=1S/C6H14N2O4S/c1-2-3-8-6(9)5(7)4-13(10,11)12/h5H,2-4,7H2,1H3,(H,8,9)(H,10,11,12). The Morgan fingerprint density at radius 3 is 2.54 bits per heavy atom. The van der Waals surface area contributed by atoms with Crippen molar-refractivity contribution in [3.63, 3.8) is 0 Å². The Morgan fingerprint density at radius 2 is 2.15 bits per heavy atom. The summed E-state index contributed by atoms with van der Waals surface area (Å²) in [5.41, 5.74) is 5.19. The van der Waals surface area contributed by atoms with E-state index in [0.29, 0.717) is 6.54 Å². The lowest BCUT2D eigenvalue weighted by Gasteiger charge is -2.09. The van der Waals surface area contributed by atoms with Crippen LogP contribution in [0, 0.1) is 0 Å². The lowest BCUT2D eigenvalue weighted by atomic mass is 10.3. The molecule has 1 atom stereocenters. The summed E-state index contributed by atoms with van der Waals surface area (Å²) < 4.78 is 29.0. The Morgan fingerprint density at radius 1 is 1.62 bits per heavy atom. The van der Waals surface area contributed by atoms with Crippen LogP contribution < -0.4 is 11.1 Å². The molecule has 0 aliphatic rings. The fourth-order valence-corrected chi connectivity index (χ4v) is 1.29. The number of hydrogen-bond donors (Lipinski definition) is 3. The van der Waals surface area contributed by atoms with E-state index < -0.39 is 27.8 Å². The molecule has 0 bridgehead atoms. The van der Waals surface area contributed by atoms with Gasteiger partial charge in [-0.3, -0.25) is 9.35 Å². The van der Waals surface area contributed by atoms with Crippen LogP contribution in [0.3, 0.4) is 0 Å². The van der Waals surface area contributed by atoms with Gasteiger partial charge < -0.3 is 11.1 Å². The van der Waals surface area contributed by atoms with E-state index in [-0.39, 0.29) is 0 Å². The molecular formula is C6H14N2O4S. The molecule has 0 aromatic rings. The van der Waals surface area contributed by atoms with Crippen molar-refractivity contribution in [2.45, 2.75) is 19.4 Å². The average Bonchev–Trinajstić information content (AvgIpc) is 1.96. The maximum Gasteiger partial charge on any atom is 0.266 e. The van der Waals surface area contributed by atoms with Crippen molar-refractivity contribution in [2.75, 3.05) is 12.3 Å². The maximum absolute atomic E-state index is 11.0. The van der Waals surface area contributed by atoms with Crippen molar-refractivity contribution in [1.82, 2.24) is 5.32 Å². The van der Waals surface area contributed by atoms with Gasteiger partial charge in [0.15, 0.2) is 0 Å². The van der Waals surface area contributed by atoms with Crippen molar-refractivity contribution >= 4 is 16.0 Å². The van der Waals surface area contributed by atoms with E-state index in [1.54, 1.807) is 0 Å². The molecule has 0 saturated heterocycles. The van der Waals surface area contributed by atoms with Gasteiger partial charge in [0.25, 0.3) is 10.1 Å². The lowest BCUT2D eigenvalue weighted by Crippen LogP contribution is -2.45. The summed E-state index contributed by atoms with van der Waals surface area (Å²) in [5, 5.41) is 2.42. The third kappa shape index (κ3) is 6.50. The molecule has 0 radical (unpaired) electrons. The van der Waals surface area contributed by atoms with Crippen molar-refractivity contribution in [1.29, 1.82) is 0 Å². The Labute approximate surface area is 77.2 Å². The van der Waals surface area contributed by atoms with E-state index >= 15 is 0 Å². The van der Waals surface area contributed by atoms with Crippen LogP contribution >= 0.6 is 0 Å². The molecular weight excluding hydrogens is 196 g/mol. The first kappa shape index (κ1) is 12.3. The van der Waals surface area contributed by atoms with E-state index in [4.69, 9.17) is 10.3 Å². The molecule has 13 heavy (non-hydrogen) atoms. The summed E-state index contributed by atoms with van der Waals surface area (Å²) >= 11 is 0. The second-order valence-corrected chi connectivity index (χ2v) is 4.14. The molecule has 4 N–H and O–H groups in total.